The second-order valence-electron chi connectivity index (χ2n) is 5.77. The Balaban J connectivity index is 2.18. The molecule has 4 nitrogen and oxygen atoms in total. The molecule has 4 heteroatoms. The van der Waals surface area contributed by atoms with E-state index in [0.29, 0.717) is 6.04 Å². The van der Waals surface area contributed by atoms with E-state index in [1.807, 2.05) is 12.1 Å². The summed E-state index contributed by atoms with van der Waals surface area (Å²) in [6.45, 7) is 9.08. The molecule has 112 valence electrons. The van der Waals surface area contributed by atoms with Gasteiger partial charge in [-0.05, 0) is 26.8 Å². The van der Waals surface area contributed by atoms with Gasteiger partial charge in [0, 0.05) is 24.7 Å². The summed E-state index contributed by atoms with van der Waals surface area (Å²) in [5, 5.41) is 0. The fraction of sp³-hybridized carbons (Fsp3) is 0.625. The Bertz CT molecular complexity index is 448. The molecule has 0 amide bonds. The molecule has 0 saturated carbocycles. The maximum Gasteiger partial charge on any atom is 0.123 e. The zero-order valence-corrected chi connectivity index (χ0v) is 12.9. The van der Waals surface area contributed by atoms with E-state index in [-0.39, 0.29) is 12.1 Å². The first-order chi connectivity index (χ1) is 9.52. The molecular weight excluding hydrogens is 252 g/mol. The van der Waals surface area contributed by atoms with Crippen molar-refractivity contribution < 1.29 is 9.47 Å². The van der Waals surface area contributed by atoms with Crippen molar-refractivity contribution in [2.45, 2.75) is 39.0 Å². The Kier molecular flexibility index (Phi) is 5.02. The number of nitrogens with two attached hydrogens (primary N) is 1. The van der Waals surface area contributed by atoms with Gasteiger partial charge in [0.05, 0.1) is 25.9 Å². The summed E-state index contributed by atoms with van der Waals surface area (Å²) < 4.78 is 11.3. The Morgan fingerprint density at radius 1 is 1.40 bits per heavy atom. The quantitative estimate of drug-likeness (QED) is 0.916. The fourth-order valence-corrected chi connectivity index (χ4v) is 2.70. The molecule has 1 heterocycles. The second-order valence-corrected chi connectivity index (χ2v) is 5.77. The highest BCUT2D eigenvalue weighted by Gasteiger charge is 2.29. The normalized spacial score (nSPS) is 22.0. The van der Waals surface area contributed by atoms with Crippen LogP contribution in [0.5, 0.6) is 5.75 Å². The number of benzene rings is 1. The molecule has 0 radical (unpaired) electrons. The Labute approximate surface area is 121 Å². The number of ether oxygens (including phenoxy) is 2. The highest BCUT2D eigenvalue weighted by Crippen LogP contribution is 2.29. The lowest BCUT2D eigenvalue weighted by molar-refractivity contribution is -0.0505. The molecule has 0 bridgehead atoms. The van der Waals surface area contributed by atoms with Gasteiger partial charge in [0.1, 0.15) is 5.75 Å². The van der Waals surface area contributed by atoms with Crippen molar-refractivity contribution in [1.82, 2.24) is 4.90 Å². The summed E-state index contributed by atoms with van der Waals surface area (Å²) in [7, 11) is 1.68. The van der Waals surface area contributed by atoms with E-state index in [1.54, 1.807) is 7.11 Å². The topological polar surface area (TPSA) is 47.7 Å². The van der Waals surface area contributed by atoms with Gasteiger partial charge in [0.15, 0.2) is 0 Å². The minimum Gasteiger partial charge on any atom is -0.496 e. The van der Waals surface area contributed by atoms with Gasteiger partial charge in [-0.2, -0.15) is 0 Å². The maximum absolute atomic E-state index is 6.45. The van der Waals surface area contributed by atoms with E-state index in [0.717, 1.165) is 31.0 Å². The first kappa shape index (κ1) is 15.3. The summed E-state index contributed by atoms with van der Waals surface area (Å²) in [6.07, 6.45) is 0.0156. The molecule has 1 aliphatic rings. The number of aryl methyl sites for hydroxylation is 1. The number of hydrogen-bond donors (Lipinski definition) is 1. The highest BCUT2D eigenvalue weighted by atomic mass is 16.5. The van der Waals surface area contributed by atoms with Crippen LogP contribution in [0.1, 0.15) is 31.0 Å². The van der Waals surface area contributed by atoms with Crippen molar-refractivity contribution in [3.63, 3.8) is 0 Å². The minimum atomic E-state index is -0.161. The van der Waals surface area contributed by atoms with Crippen LogP contribution in [0.15, 0.2) is 18.2 Å². The molecule has 2 N–H and O–H groups in total. The average Bonchev–Trinajstić information content (AvgIpc) is 2.46. The molecule has 1 aromatic carbocycles. The van der Waals surface area contributed by atoms with Gasteiger partial charge in [-0.3, -0.25) is 4.90 Å². The van der Waals surface area contributed by atoms with Gasteiger partial charge < -0.3 is 15.2 Å². The van der Waals surface area contributed by atoms with E-state index in [1.165, 1.54) is 5.56 Å². The van der Waals surface area contributed by atoms with Crippen molar-refractivity contribution in [3.8, 4) is 5.75 Å². The van der Waals surface area contributed by atoms with Crippen molar-refractivity contribution in [2.75, 3.05) is 26.8 Å². The van der Waals surface area contributed by atoms with Gasteiger partial charge in [-0.25, -0.2) is 0 Å². The molecule has 2 atom stereocenters. The summed E-state index contributed by atoms with van der Waals surface area (Å²) in [6, 6.07) is 6.48. The number of nitrogens with zero attached hydrogens (tertiary/aromatic N) is 1. The lowest BCUT2D eigenvalue weighted by Crippen LogP contribution is -2.49. The zero-order valence-electron chi connectivity index (χ0n) is 12.9. The first-order valence-corrected chi connectivity index (χ1v) is 7.28. The number of methoxy groups -OCH3 is 1. The number of morpholine rings is 1. The minimum absolute atomic E-state index is 0.0156. The number of rotatable bonds is 4. The van der Waals surface area contributed by atoms with E-state index in [2.05, 4.69) is 31.7 Å². The molecule has 2 unspecified atom stereocenters. The molecule has 0 aromatic heterocycles. The van der Waals surface area contributed by atoms with Crippen LogP contribution in [0.2, 0.25) is 0 Å². The van der Waals surface area contributed by atoms with E-state index in [4.69, 9.17) is 15.2 Å². The molecular formula is C16H26N2O2. The van der Waals surface area contributed by atoms with Crippen molar-refractivity contribution in [3.05, 3.63) is 29.3 Å². The lowest BCUT2D eigenvalue weighted by atomic mass is 9.98. The monoisotopic (exact) mass is 278 g/mol. The second kappa shape index (κ2) is 6.57. The highest BCUT2D eigenvalue weighted by molar-refractivity contribution is 5.39. The third-order valence-electron chi connectivity index (χ3n) is 4.00. The summed E-state index contributed by atoms with van der Waals surface area (Å²) >= 11 is 0. The SMILES string of the molecule is COc1ccc(C)cc1C(N)C1CN(C(C)C)CCO1. The largest absolute Gasteiger partial charge is 0.496 e. The van der Waals surface area contributed by atoms with Crippen LogP contribution in [0, 0.1) is 6.92 Å². The Hall–Kier alpha value is -1.10. The standard InChI is InChI=1S/C16H26N2O2/c1-11(2)18-7-8-20-15(10-18)16(17)13-9-12(3)5-6-14(13)19-4/h5-6,9,11,15-16H,7-8,10,17H2,1-4H3. The van der Waals surface area contributed by atoms with Crippen LogP contribution in [-0.4, -0.2) is 43.9 Å². The predicted molar refractivity (Wildman–Crippen MR) is 81.1 cm³/mol. The van der Waals surface area contributed by atoms with Crippen LogP contribution in [0.4, 0.5) is 0 Å². The first-order valence-electron chi connectivity index (χ1n) is 7.28. The van der Waals surface area contributed by atoms with E-state index in [9.17, 15) is 0 Å². The summed E-state index contributed by atoms with van der Waals surface area (Å²) in [4.78, 5) is 2.41. The van der Waals surface area contributed by atoms with Gasteiger partial charge in [-0.15, -0.1) is 0 Å². The molecule has 1 aromatic rings. The summed E-state index contributed by atoms with van der Waals surface area (Å²) in [5.41, 5.74) is 8.66. The lowest BCUT2D eigenvalue weighted by Gasteiger charge is -2.38. The molecule has 1 saturated heterocycles. The van der Waals surface area contributed by atoms with Gasteiger partial charge in [-0.1, -0.05) is 17.7 Å². The fourth-order valence-electron chi connectivity index (χ4n) is 2.70. The van der Waals surface area contributed by atoms with Gasteiger partial charge in [0.2, 0.25) is 0 Å². The smallest absolute Gasteiger partial charge is 0.123 e. The van der Waals surface area contributed by atoms with Crippen molar-refractivity contribution in [1.29, 1.82) is 0 Å². The third-order valence-corrected chi connectivity index (χ3v) is 4.00. The van der Waals surface area contributed by atoms with Gasteiger partial charge in [0.25, 0.3) is 0 Å². The van der Waals surface area contributed by atoms with Crippen molar-refractivity contribution in [2.24, 2.45) is 5.73 Å². The summed E-state index contributed by atoms with van der Waals surface area (Å²) in [5.74, 6) is 0.841. The molecule has 1 fully saturated rings. The molecule has 20 heavy (non-hydrogen) atoms. The molecule has 2 rings (SSSR count). The Morgan fingerprint density at radius 3 is 2.80 bits per heavy atom. The van der Waals surface area contributed by atoms with Crippen LogP contribution < -0.4 is 10.5 Å². The third kappa shape index (κ3) is 3.32. The predicted octanol–water partition coefficient (Wildman–Crippen LogP) is 2.11. The van der Waals surface area contributed by atoms with E-state index >= 15 is 0 Å². The van der Waals surface area contributed by atoms with Crippen LogP contribution >= 0.6 is 0 Å². The van der Waals surface area contributed by atoms with Crippen LogP contribution in [-0.2, 0) is 4.74 Å². The van der Waals surface area contributed by atoms with Crippen LogP contribution in [0.3, 0.4) is 0 Å². The maximum atomic E-state index is 6.45. The Morgan fingerprint density at radius 2 is 2.15 bits per heavy atom. The van der Waals surface area contributed by atoms with Gasteiger partial charge >= 0.3 is 0 Å². The van der Waals surface area contributed by atoms with Crippen molar-refractivity contribution >= 4 is 0 Å². The average molecular weight is 278 g/mol. The zero-order chi connectivity index (χ0) is 14.7. The molecule has 1 aliphatic heterocycles. The molecule has 0 spiro atoms. The van der Waals surface area contributed by atoms with Crippen LogP contribution in [0.25, 0.3) is 0 Å². The number of hydrogen-bond acceptors (Lipinski definition) is 4. The van der Waals surface area contributed by atoms with E-state index < -0.39 is 0 Å². The molecule has 0 aliphatic carbocycles.